The molecule has 0 aromatic rings. The smallest absolute Gasteiger partial charge is 0.220 e. The van der Waals surface area contributed by atoms with Gasteiger partial charge in [-0.05, 0) is 19.3 Å². The molecule has 0 bridgehead atoms. The fourth-order valence-electron chi connectivity index (χ4n) is 7.75. The van der Waals surface area contributed by atoms with E-state index in [1.165, 1.54) is 167 Å². The van der Waals surface area contributed by atoms with Gasteiger partial charge < -0.3 is 40.3 Å². The highest BCUT2D eigenvalue weighted by atomic mass is 16.7. The number of aliphatic hydroxyl groups excluding tert-OH is 5. The molecule has 0 spiro atoms. The summed E-state index contributed by atoms with van der Waals surface area (Å²) >= 11 is 0. The number of nitrogens with one attached hydrogen (secondary N) is 1. The van der Waals surface area contributed by atoms with Gasteiger partial charge in [-0.2, -0.15) is 0 Å². The molecular formula is C47H91NO8. The zero-order chi connectivity index (χ0) is 40.9. The van der Waals surface area contributed by atoms with Crippen molar-refractivity contribution in [1.29, 1.82) is 0 Å². The Bertz CT molecular complexity index is 888. The maximum Gasteiger partial charge on any atom is 0.220 e. The van der Waals surface area contributed by atoms with Gasteiger partial charge in [0.05, 0.1) is 25.4 Å². The molecule has 7 unspecified atom stereocenters. The number of unbranched alkanes of at least 4 members (excludes halogenated alkanes) is 30. The van der Waals surface area contributed by atoms with Crippen LogP contribution in [-0.4, -0.2) is 87.5 Å². The summed E-state index contributed by atoms with van der Waals surface area (Å²) in [6, 6.07) is -0.798. The van der Waals surface area contributed by atoms with Gasteiger partial charge in [0, 0.05) is 6.42 Å². The molecule has 332 valence electrons. The van der Waals surface area contributed by atoms with Crippen LogP contribution in [0.2, 0.25) is 0 Å². The number of hydrogen-bond acceptors (Lipinski definition) is 8. The quantitative estimate of drug-likeness (QED) is 0.0265. The minimum atomic E-state index is -1.56. The van der Waals surface area contributed by atoms with E-state index in [4.69, 9.17) is 9.47 Å². The van der Waals surface area contributed by atoms with Gasteiger partial charge in [-0.15, -0.1) is 0 Å². The largest absolute Gasteiger partial charge is 0.394 e. The van der Waals surface area contributed by atoms with E-state index in [-0.39, 0.29) is 12.5 Å². The topological polar surface area (TPSA) is 149 Å². The van der Waals surface area contributed by atoms with Crippen LogP contribution in [0.25, 0.3) is 0 Å². The average molecular weight is 798 g/mol. The van der Waals surface area contributed by atoms with Crippen LogP contribution in [0.5, 0.6) is 0 Å². The number of carbonyl (C=O) groups excluding carboxylic acids is 1. The van der Waals surface area contributed by atoms with Gasteiger partial charge in [-0.1, -0.05) is 212 Å². The zero-order valence-corrected chi connectivity index (χ0v) is 36.4. The highest BCUT2D eigenvalue weighted by Gasteiger charge is 2.44. The molecule has 1 aliphatic rings. The summed E-state index contributed by atoms with van der Waals surface area (Å²) in [7, 11) is 0. The molecule has 6 N–H and O–H groups in total. The summed E-state index contributed by atoms with van der Waals surface area (Å²) < 4.78 is 11.2. The van der Waals surface area contributed by atoms with Gasteiger partial charge in [0.25, 0.3) is 0 Å². The molecular weight excluding hydrogens is 707 g/mol. The first-order valence-electron chi connectivity index (χ1n) is 23.9. The molecule has 1 aliphatic heterocycles. The van der Waals surface area contributed by atoms with E-state index >= 15 is 0 Å². The Morgan fingerprint density at radius 2 is 0.982 bits per heavy atom. The molecule has 1 heterocycles. The normalized spacial score (nSPS) is 21.2. The standard InChI is InChI=1S/C47H91NO8/c1-3-5-7-9-11-13-15-17-19-20-21-23-25-27-29-31-33-35-37-43(51)48-40(39-55-47-46(54)45(53)44(52)42(38-49)56-47)41(50)36-34-32-30-28-26-24-22-18-16-14-12-10-8-6-4-2/h34,36,40-42,44-47,49-50,52-54H,3-33,35,37-39H2,1-2H3,(H,48,51)/b36-34+. The minimum Gasteiger partial charge on any atom is -0.394 e. The lowest BCUT2D eigenvalue weighted by molar-refractivity contribution is -0.302. The average Bonchev–Trinajstić information content (AvgIpc) is 3.20. The van der Waals surface area contributed by atoms with Crippen molar-refractivity contribution in [3.8, 4) is 0 Å². The van der Waals surface area contributed by atoms with Crippen molar-refractivity contribution in [3.63, 3.8) is 0 Å². The van der Waals surface area contributed by atoms with Crippen LogP contribution in [0.3, 0.4) is 0 Å². The molecule has 0 aromatic heterocycles. The van der Waals surface area contributed by atoms with E-state index in [2.05, 4.69) is 19.2 Å². The lowest BCUT2D eigenvalue weighted by atomic mass is 9.99. The van der Waals surface area contributed by atoms with Crippen LogP contribution in [0.15, 0.2) is 12.2 Å². The van der Waals surface area contributed by atoms with E-state index in [0.29, 0.717) is 6.42 Å². The number of allylic oxidation sites excluding steroid dienone is 1. The lowest BCUT2D eigenvalue weighted by Gasteiger charge is -2.40. The van der Waals surface area contributed by atoms with Crippen LogP contribution in [0.1, 0.15) is 226 Å². The molecule has 9 heteroatoms. The second-order valence-corrected chi connectivity index (χ2v) is 16.9. The molecule has 1 fully saturated rings. The van der Waals surface area contributed by atoms with E-state index in [1.807, 2.05) is 6.08 Å². The Balaban J connectivity index is 2.32. The number of aliphatic hydroxyl groups is 5. The number of amides is 1. The second kappa shape index (κ2) is 38.2. The lowest BCUT2D eigenvalue weighted by Crippen LogP contribution is -2.60. The number of hydrogen-bond donors (Lipinski definition) is 6. The first kappa shape index (κ1) is 52.9. The maximum atomic E-state index is 13.0. The van der Waals surface area contributed by atoms with Crippen molar-refractivity contribution < 1.29 is 39.8 Å². The second-order valence-electron chi connectivity index (χ2n) is 16.9. The van der Waals surface area contributed by atoms with Crippen LogP contribution in [-0.2, 0) is 14.3 Å². The maximum absolute atomic E-state index is 13.0. The number of rotatable bonds is 40. The fraction of sp³-hybridized carbons (Fsp3) is 0.936. The first-order chi connectivity index (χ1) is 27.3. The molecule has 0 aliphatic carbocycles. The Hall–Kier alpha value is -1.07. The highest BCUT2D eigenvalue weighted by molar-refractivity contribution is 5.76. The summed E-state index contributed by atoms with van der Waals surface area (Å²) in [6.07, 6.45) is 36.8. The molecule has 0 aromatic carbocycles. The number of carbonyl (C=O) groups is 1. The van der Waals surface area contributed by atoms with Gasteiger partial charge in [-0.3, -0.25) is 4.79 Å². The zero-order valence-electron chi connectivity index (χ0n) is 36.4. The number of ether oxygens (including phenoxy) is 2. The summed E-state index contributed by atoms with van der Waals surface area (Å²) in [5, 5.41) is 54.2. The monoisotopic (exact) mass is 798 g/mol. The van der Waals surface area contributed by atoms with Crippen molar-refractivity contribution in [1.82, 2.24) is 5.32 Å². The van der Waals surface area contributed by atoms with Gasteiger partial charge in [0.15, 0.2) is 6.29 Å². The van der Waals surface area contributed by atoms with Crippen molar-refractivity contribution in [2.75, 3.05) is 13.2 Å². The Labute approximate surface area is 344 Å². The van der Waals surface area contributed by atoms with Crippen molar-refractivity contribution in [2.45, 2.75) is 269 Å². The minimum absolute atomic E-state index is 0.173. The predicted octanol–water partition coefficient (Wildman–Crippen LogP) is 10.1. The summed E-state index contributed by atoms with van der Waals surface area (Å²) in [5.74, 6) is -0.173. The molecule has 7 atom stereocenters. The first-order valence-corrected chi connectivity index (χ1v) is 23.9. The SMILES string of the molecule is CCCCCCCCCCCCCCC/C=C/C(O)C(COC1OC(CO)C(O)C(O)C1O)NC(=O)CCCCCCCCCCCCCCCCCCCC. The fourth-order valence-corrected chi connectivity index (χ4v) is 7.75. The third-order valence-electron chi connectivity index (χ3n) is 11.6. The Morgan fingerprint density at radius 1 is 0.589 bits per heavy atom. The highest BCUT2D eigenvalue weighted by Crippen LogP contribution is 2.23. The van der Waals surface area contributed by atoms with Crippen LogP contribution < -0.4 is 5.32 Å². The van der Waals surface area contributed by atoms with Gasteiger partial charge in [0.2, 0.25) is 5.91 Å². The molecule has 1 rings (SSSR count). The van der Waals surface area contributed by atoms with E-state index in [1.54, 1.807) is 6.08 Å². The Morgan fingerprint density at radius 3 is 1.39 bits per heavy atom. The molecule has 1 amide bonds. The van der Waals surface area contributed by atoms with Gasteiger partial charge in [0.1, 0.15) is 24.4 Å². The summed E-state index contributed by atoms with van der Waals surface area (Å²) in [4.78, 5) is 13.0. The Kier molecular flexibility index (Phi) is 36.1. The van der Waals surface area contributed by atoms with E-state index in [0.717, 1.165) is 38.5 Å². The summed E-state index contributed by atoms with van der Waals surface area (Å²) in [6.45, 7) is 3.79. The van der Waals surface area contributed by atoms with Crippen molar-refractivity contribution in [3.05, 3.63) is 12.2 Å². The third-order valence-corrected chi connectivity index (χ3v) is 11.6. The van der Waals surface area contributed by atoms with E-state index < -0.39 is 49.5 Å². The molecule has 9 nitrogen and oxygen atoms in total. The van der Waals surface area contributed by atoms with Gasteiger partial charge in [-0.25, -0.2) is 0 Å². The molecule has 56 heavy (non-hydrogen) atoms. The van der Waals surface area contributed by atoms with Crippen molar-refractivity contribution in [2.24, 2.45) is 0 Å². The summed E-state index contributed by atoms with van der Waals surface area (Å²) in [5.41, 5.74) is 0. The molecule has 0 radical (unpaired) electrons. The van der Waals surface area contributed by atoms with Crippen LogP contribution >= 0.6 is 0 Å². The van der Waals surface area contributed by atoms with Crippen molar-refractivity contribution >= 4 is 5.91 Å². The predicted molar refractivity (Wildman–Crippen MR) is 231 cm³/mol. The van der Waals surface area contributed by atoms with Crippen LogP contribution in [0, 0.1) is 0 Å². The third kappa shape index (κ3) is 28.4. The van der Waals surface area contributed by atoms with E-state index in [9.17, 15) is 30.3 Å². The van der Waals surface area contributed by atoms with Gasteiger partial charge >= 0.3 is 0 Å². The molecule has 1 saturated heterocycles. The van der Waals surface area contributed by atoms with Crippen LogP contribution in [0.4, 0.5) is 0 Å². The molecule has 0 saturated carbocycles.